The molecule has 20 heavy (non-hydrogen) atoms. The van der Waals surface area contributed by atoms with Crippen LogP contribution < -0.4 is 16.0 Å². The lowest BCUT2D eigenvalue weighted by atomic mass is 10.3. The van der Waals surface area contributed by atoms with E-state index in [1.54, 1.807) is 0 Å². The van der Waals surface area contributed by atoms with E-state index in [2.05, 4.69) is 10.4 Å². The maximum atomic E-state index is 11.9. The van der Waals surface area contributed by atoms with Crippen molar-refractivity contribution < 1.29 is 21.6 Å². The molecule has 1 aromatic rings. The van der Waals surface area contributed by atoms with Crippen LogP contribution in [0.2, 0.25) is 5.02 Å². The number of alkyl halides is 3. The number of hydrogen-bond donors (Lipinski definition) is 3. The van der Waals surface area contributed by atoms with Gasteiger partial charge in [-0.2, -0.15) is 13.2 Å². The van der Waals surface area contributed by atoms with Gasteiger partial charge in [0.2, 0.25) is 10.0 Å². The Kier molecular flexibility index (Phi) is 5.57. The Morgan fingerprint density at radius 3 is 2.55 bits per heavy atom. The molecule has 114 valence electrons. The Balaban J connectivity index is 2.67. The monoisotopic (exact) mass is 332 g/mol. The summed E-state index contributed by atoms with van der Waals surface area (Å²) in [6.45, 7) is -0.337. The summed E-state index contributed by atoms with van der Waals surface area (Å²) in [7, 11) is -3.96. The molecular weight excluding hydrogens is 321 g/mol. The van der Waals surface area contributed by atoms with Gasteiger partial charge in [-0.25, -0.2) is 24.0 Å². The summed E-state index contributed by atoms with van der Waals surface area (Å²) in [5.74, 6) is 5.17. The van der Waals surface area contributed by atoms with Gasteiger partial charge in [0.15, 0.2) is 5.82 Å². The average Bonchev–Trinajstić information content (AvgIpc) is 2.33. The first-order valence-corrected chi connectivity index (χ1v) is 7.20. The van der Waals surface area contributed by atoms with Crippen LogP contribution in [0.5, 0.6) is 0 Å². The Morgan fingerprint density at radius 2 is 2.05 bits per heavy atom. The van der Waals surface area contributed by atoms with E-state index < -0.39 is 22.6 Å². The number of nitrogens with zero attached hydrogens (tertiary/aromatic N) is 1. The molecule has 0 amide bonds. The Hall–Kier alpha value is -1.10. The van der Waals surface area contributed by atoms with Gasteiger partial charge in [0.25, 0.3) is 0 Å². The zero-order chi connectivity index (χ0) is 15.4. The molecule has 0 saturated heterocycles. The molecule has 0 aliphatic rings. The fourth-order valence-corrected chi connectivity index (χ4v) is 2.58. The summed E-state index contributed by atoms with van der Waals surface area (Å²) in [5, 5.41) is -0.0225. The van der Waals surface area contributed by atoms with Gasteiger partial charge in [-0.1, -0.05) is 11.6 Å². The second-order valence-corrected chi connectivity index (χ2v) is 5.94. The highest BCUT2D eigenvalue weighted by molar-refractivity contribution is 7.89. The van der Waals surface area contributed by atoms with Gasteiger partial charge in [-0.15, -0.1) is 0 Å². The van der Waals surface area contributed by atoms with Gasteiger partial charge in [-0.05, 0) is 12.5 Å². The highest BCUT2D eigenvalue weighted by Gasteiger charge is 2.26. The molecule has 0 bridgehead atoms. The third kappa shape index (κ3) is 5.12. The van der Waals surface area contributed by atoms with Crippen LogP contribution in [0.15, 0.2) is 17.2 Å². The van der Waals surface area contributed by atoms with E-state index in [-0.39, 0.29) is 28.7 Å². The predicted octanol–water partition coefficient (Wildman–Crippen LogP) is 1.64. The normalized spacial score (nSPS) is 12.4. The lowest BCUT2D eigenvalue weighted by Gasteiger charge is -2.09. The SMILES string of the molecule is NNc1ncc(S(=O)(=O)NCCCC(F)(F)F)cc1Cl. The van der Waals surface area contributed by atoms with Crippen molar-refractivity contribution in [3.63, 3.8) is 0 Å². The number of nitrogens with two attached hydrogens (primary N) is 1. The highest BCUT2D eigenvalue weighted by atomic mass is 35.5. The molecule has 0 atom stereocenters. The first-order chi connectivity index (χ1) is 9.15. The van der Waals surface area contributed by atoms with E-state index in [4.69, 9.17) is 17.4 Å². The highest BCUT2D eigenvalue weighted by Crippen LogP contribution is 2.22. The summed E-state index contributed by atoms with van der Waals surface area (Å²) in [4.78, 5) is 3.41. The van der Waals surface area contributed by atoms with Crippen molar-refractivity contribution in [2.75, 3.05) is 12.0 Å². The number of aromatic nitrogens is 1. The van der Waals surface area contributed by atoms with Crippen LogP contribution in [0.1, 0.15) is 12.8 Å². The van der Waals surface area contributed by atoms with Crippen LogP contribution in [0, 0.1) is 0 Å². The molecule has 1 rings (SSSR count). The number of nitrogen functional groups attached to an aromatic ring is 1. The molecule has 4 N–H and O–H groups in total. The average molecular weight is 333 g/mol. The minimum absolute atomic E-state index is 0.0225. The second kappa shape index (κ2) is 6.57. The van der Waals surface area contributed by atoms with Gasteiger partial charge in [0, 0.05) is 19.2 Å². The van der Waals surface area contributed by atoms with Crippen molar-refractivity contribution in [2.24, 2.45) is 5.84 Å². The minimum atomic E-state index is -4.31. The van der Waals surface area contributed by atoms with Crippen LogP contribution in [0.4, 0.5) is 19.0 Å². The van der Waals surface area contributed by atoms with Crippen molar-refractivity contribution in [1.29, 1.82) is 0 Å². The fraction of sp³-hybridized carbons (Fsp3) is 0.444. The summed E-state index contributed by atoms with van der Waals surface area (Å²) < 4.78 is 61.3. The molecule has 0 aromatic carbocycles. The summed E-state index contributed by atoms with van der Waals surface area (Å²) >= 11 is 5.71. The standard InChI is InChI=1S/C9H12ClF3N4O2S/c10-7-4-6(5-15-8(7)17-14)20(18,19)16-3-1-2-9(11,12)13/h4-5,16H,1-3,14H2,(H,15,17). The van der Waals surface area contributed by atoms with E-state index in [9.17, 15) is 21.6 Å². The van der Waals surface area contributed by atoms with E-state index in [0.29, 0.717) is 0 Å². The van der Waals surface area contributed by atoms with Crippen molar-refractivity contribution in [2.45, 2.75) is 23.9 Å². The Bertz CT molecular complexity index is 565. The Labute approximate surface area is 118 Å². The largest absolute Gasteiger partial charge is 0.389 e. The summed E-state index contributed by atoms with van der Waals surface area (Å²) in [5.41, 5.74) is 2.16. The Morgan fingerprint density at radius 1 is 1.40 bits per heavy atom. The first-order valence-electron chi connectivity index (χ1n) is 5.34. The number of hydrazine groups is 1. The topological polar surface area (TPSA) is 97.1 Å². The quantitative estimate of drug-likeness (QED) is 0.418. The molecule has 6 nitrogen and oxygen atoms in total. The van der Waals surface area contributed by atoms with Crippen molar-refractivity contribution >= 4 is 27.4 Å². The van der Waals surface area contributed by atoms with Crippen molar-refractivity contribution in [3.8, 4) is 0 Å². The van der Waals surface area contributed by atoms with Gasteiger partial charge in [-0.3, -0.25) is 0 Å². The van der Waals surface area contributed by atoms with Gasteiger partial charge >= 0.3 is 6.18 Å². The van der Waals surface area contributed by atoms with E-state index >= 15 is 0 Å². The van der Waals surface area contributed by atoms with Crippen molar-refractivity contribution in [1.82, 2.24) is 9.71 Å². The molecular formula is C9H12ClF3N4O2S. The number of nitrogens with one attached hydrogen (secondary N) is 2. The number of sulfonamides is 1. The molecule has 11 heteroatoms. The number of hydrogen-bond acceptors (Lipinski definition) is 5. The van der Waals surface area contributed by atoms with Crippen LogP contribution >= 0.6 is 11.6 Å². The molecule has 0 spiro atoms. The molecule has 1 aromatic heterocycles. The fourth-order valence-electron chi connectivity index (χ4n) is 1.25. The molecule has 1 heterocycles. The van der Waals surface area contributed by atoms with Crippen LogP contribution in [-0.4, -0.2) is 26.1 Å². The molecule has 0 saturated carbocycles. The first kappa shape index (κ1) is 17.0. The zero-order valence-corrected chi connectivity index (χ0v) is 11.6. The number of pyridine rings is 1. The summed E-state index contributed by atoms with van der Waals surface area (Å²) in [6, 6.07) is 1.09. The van der Waals surface area contributed by atoms with Crippen molar-refractivity contribution in [3.05, 3.63) is 17.3 Å². The third-order valence-corrected chi connectivity index (χ3v) is 3.91. The minimum Gasteiger partial charge on any atom is -0.307 e. The van der Waals surface area contributed by atoms with Gasteiger partial charge in [0.05, 0.1) is 5.02 Å². The van der Waals surface area contributed by atoms with E-state index in [1.165, 1.54) is 0 Å². The van der Waals surface area contributed by atoms with Crippen LogP contribution in [0.25, 0.3) is 0 Å². The van der Waals surface area contributed by atoms with Crippen LogP contribution in [0.3, 0.4) is 0 Å². The zero-order valence-electron chi connectivity index (χ0n) is 10.0. The van der Waals surface area contributed by atoms with E-state index in [0.717, 1.165) is 12.3 Å². The van der Waals surface area contributed by atoms with Gasteiger partial charge in [0.1, 0.15) is 4.90 Å². The molecule has 0 radical (unpaired) electrons. The lowest BCUT2D eigenvalue weighted by molar-refractivity contribution is -0.135. The number of halogens is 4. The molecule has 0 aliphatic carbocycles. The maximum absolute atomic E-state index is 11.9. The number of rotatable bonds is 6. The second-order valence-electron chi connectivity index (χ2n) is 3.76. The molecule has 0 aliphatic heterocycles. The number of anilines is 1. The third-order valence-electron chi connectivity index (χ3n) is 2.19. The summed E-state index contributed by atoms with van der Waals surface area (Å²) in [6.07, 6.45) is -4.74. The smallest absolute Gasteiger partial charge is 0.307 e. The lowest BCUT2D eigenvalue weighted by Crippen LogP contribution is -2.26. The van der Waals surface area contributed by atoms with Crippen LogP contribution in [-0.2, 0) is 10.0 Å². The predicted molar refractivity (Wildman–Crippen MR) is 67.5 cm³/mol. The van der Waals surface area contributed by atoms with E-state index in [1.807, 2.05) is 4.72 Å². The molecule has 0 fully saturated rings. The van der Waals surface area contributed by atoms with Gasteiger partial charge < -0.3 is 5.43 Å². The molecule has 0 unspecified atom stereocenters. The maximum Gasteiger partial charge on any atom is 0.389 e.